The van der Waals surface area contributed by atoms with E-state index in [0.29, 0.717) is 11.1 Å². The predicted molar refractivity (Wildman–Crippen MR) is 78.1 cm³/mol. The summed E-state index contributed by atoms with van der Waals surface area (Å²) in [6.07, 6.45) is -1.58. The Morgan fingerprint density at radius 2 is 2.18 bits per heavy atom. The molecule has 0 radical (unpaired) electrons. The molecule has 1 unspecified atom stereocenters. The van der Waals surface area contributed by atoms with Crippen LogP contribution in [0.15, 0.2) is 12.1 Å². The van der Waals surface area contributed by atoms with E-state index in [1.165, 1.54) is 38.0 Å². The quantitative estimate of drug-likeness (QED) is 0.642. The van der Waals surface area contributed by atoms with E-state index in [-0.39, 0.29) is 24.3 Å². The molecule has 1 aromatic rings. The topological polar surface area (TPSA) is 92.9 Å². The average molecular weight is 310 g/mol. The van der Waals surface area contributed by atoms with Crippen LogP contribution < -0.4 is 5.73 Å². The first-order valence-electron chi connectivity index (χ1n) is 6.81. The van der Waals surface area contributed by atoms with Crippen molar-refractivity contribution in [3.63, 3.8) is 0 Å². The summed E-state index contributed by atoms with van der Waals surface area (Å²) in [5, 5.41) is 9.65. The van der Waals surface area contributed by atoms with E-state index in [2.05, 4.69) is 4.74 Å². The Morgan fingerprint density at radius 1 is 1.55 bits per heavy atom. The van der Waals surface area contributed by atoms with Crippen molar-refractivity contribution in [1.29, 1.82) is 0 Å². The molecule has 1 atom stereocenters. The van der Waals surface area contributed by atoms with Crippen LogP contribution >= 0.6 is 0 Å². The van der Waals surface area contributed by atoms with Crippen molar-refractivity contribution < 1.29 is 23.8 Å². The normalized spacial score (nSPS) is 15.7. The van der Waals surface area contributed by atoms with Gasteiger partial charge in [0.2, 0.25) is 0 Å². The molecular weight excluding hydrogens is 291 g/mol. The van der Waals surface area contributed by atoms with Gasteiger partial charge in [-0.2, -0.15) is 0 Å². The number of esters is 1. The lowest BCUT2D eigenvalue weighted by Crippen LogP contribution is -2.42. The first kappa shape index (κ1) is 16.2. The Balaban J connectivity index is 2.27. The highest BCUT2D eigenvalue weighted by Gasteiger charge is 2.35. The summed E-state index contributed by atoms with van der Waals surface area (Å²) < 4.78 is 18.6. The number of benzene rings is 1. The van der Waals surface area contributed by atoms with Crippen LogP contribution in [0.3, 0.4) is 0 Å². The lowest BCUT2D eigenvalue weighted by Gasteiger charge is -2.26. The number of rotatable bonds is 4. The van der Waals surface area contributed by atoms with Crippen LogP contribution in [0.25, 0.3) is 0 Å². The summed E-state index contributed by atoms with van der Waals surface area (Å²) in [5.41, 5.74) is 5.49. The van der Waals surface area contributed by atoms with Crippen molar-refractivity contribution in [3.05, 3.63) is 28.8 Å². The summed E-state index contributed by atoms with van der Waals surface area (Å²) in [4.78, 5) is 25.2. The fourth-order valence-corrected chi connectivity index (χ4v) is 2.29. The number of nitrogens with two attached hydrogens (primary N) is 1. The van der Waals surface area contributed by atoms with Crippen LogP contribution in [-0.4, -0.2) is 47.3 Å². The van der Waals surface area contributed by atoms with E-state index in [1.807, 2.05) is 0 Å². The van der Waals surface area contributed by atoms with Crippen LogP contribution in [0.2, 0.25) is 0 Å². The molecule has 0 bridgehead atoms. The van der Waals surface area contributed by atoms with Gasteiger partial charge >= 0.3 is 5.97 Å². The molecular formula is C15H19FN2O4. The molecule has 120 valence electrons. The molecule has 0 spiro atoms. The van der Waals surface area contributed by atoms with Gasteiger partial charge in [-0.05, 0) is 31.5 Å². The summed E-state index contributed by atoms with van der Waals surface area (Å²) in [7, 11) is 1.22. The van der Waals surface area contributed by atoms with Crippen molar-refractivity contribution >= 4 is 17.6 Å². The van der Waals surface area contributed by atoms with Crippen LogP contribution in [0.5, 0.6) is 0 Å². The number of halogens is 1. The van der Waals surface area contributed by atoms with Crippen molar-refractivity contribution in [1.82, 2.24) is 4.90 Å². The number of carbonyl (C=O) groups excluding carboxylic acids is 2. The number of anilines is 1. The number of carbonyl (C=O) groups is 2. The minimum atomic E-state index is -1.58. The maximum Gasteiger partial charge on any atom is 0.339 e. The zero-order valence-electron chi connectivity index (χ0n) is 12.7. The molecule has 0 aromatic heterocycles. The van der Waals surface area contributed by atoms with Gasteiger partial charge in [-0.25, -0.2) is 9.18 Å². The van der Waals surface area contributed by atoms with E-state index in [0.717, 1.165) is 0 Å². The number of aliphatic hydroxyl groups is 1. The third kappa shape index (κ3) is 2.89. The van der Waals surface area contributed by atoms with E-state index < -0.39 is 23.6 Å². The minimum Gasteiger partial charge on any atom is -0.465 e. The monoisotopic (exact) mass is 310 g/mol. The van der Waals surface area contributed by atoms with Crippen LogP contribution in [-0.2, 0) is 11.3 Å². The van der Waals surface area contributed by atoms with Gasteiger partial charge in [0.05, 0.1) is 24.8 Å². The Labute approximate surface area is 127 Å². The standard InChI is InChI=1S/C15H19FN2O4/c1-15(2,21)12(16)7-18-6-8-4-11(17)10(14(20)22-3)5-9(8)13(18)19/h4-5,12,21H,6-7,17H2,1-3H3. The zero-order valence-corrected chi connectivity index (χ0v) is 12.7. The highest BCUT2D eigenvalue weighted by atomic mass is 19.1. The number of ether oxygens (including phenoxy) is 1. The Bertz CT molecular complexity index is 625. The number of amides is 1. The lowest BCUT2D eigenvalue weighted by molar-refractivity contribution is -0.0159. The molecule has 1 amide bonds. The third-order valence-corrected chi connectivity index (χ3v) is 3.71. The summed E-state index contributed by atoms with van der Waals surface area (Å²) in [5.74, 6) is -1.03. The molecule has 0 saturated heterocycles. The van der Waals surface area contributed by atoms with Crippen LogP contribution in [0.1, 0.15) is 40.1 Å². The molecule has 3 N–H and O–H groups in total. The van der Waals surface area contributed by atoms with Gasteiger partial charge in [0.25, 0.3) is 5.91 Å². The SMILES string of the molecule is COC(=O)c1cc2c(cc1N)CN(CC(F)C(C)(C)O)C2=O. The van der Waals surface area contributed by atoms with E-state index in [1.54, 1.807) is 0 Å². The maximum atomic E-state index is 14.0. The summed E-state index contributed by atoms with van der Waals surface area (Å²) in [6, 6.07) is 2.90. The smallest absolute Gasteiger partial charge is 0.339 e. The fraction of sp³-hybridized carbons (Fsp3) is 0.467. The molecule has 7 heteroatoms. The second-order valence-corrected chi connectivity index (χ2v) is 5.90. The first-order chi connectivity index (χ1) is 10.1. The molecule has 1 aromatic carbocycles. The summed E-state index contributed by atoms with van der Waals surface area (Å²) >= 11 is 0. The molecule has 0 aliphatic carbocycles. The number of fused-ring (bicyclic) bond motifs is 1. The molecule has 0 fully saturated rings. The number of alkyl halides is 1. The number of methoxy groups -OCH3 is 1. The van der Waals surface area contributed by atoms with E-state index >= 15 is 0 Å². The number of hydrogen-bond donors (Lipinski definition) is 2. The number of hydrogen-bond acceptors (Lipinski definition) is 5. The summed E-state index contributed by atoms with van der Waals surface area (Å²) in [6.45, 7) is 2.65. The largest absolute Gasteiger partial charge is 0.465 e. The average Bonchev–Trinajstić information content (AvgIpc) is 2.72. The van der Waals surface area contributed by atoms with E-state index in [4.69, 9.17) is 5.73 Å². The minimum absolute atomic E-state index is 0.107. The number of nitrogen functional groups attached to an aromatic ring is 1. The first-order valence-corrected chi connectivity index (χ1v) is 6.81. The molecule has 2 rings (SSSR count). The Hall–Kier alpha value is -2.15. The second-order valence-electron chi connectivity index (χ2n) is 5.90. The van der Waals surface area contributed by atoms with Gasteiger partial charge in [0.15, 0.2) is 0 Å². The second kappa shape index (κ2) is 5.57. The fourth-order valence-electron chi connectivity index (χ4n) is 2.29. The lowest BCUT2D eigenvalue weighted by atomic mass is 10.0. The van der Waals surface area contributed by atoms with Crippen molar-refractivity contribution in [2.75, 3.05) is 19.4 Å². The molecule has 1 heterocycles. The molecule has 6 nitrogen and oxygen atoms in total. The van der Waals surface area contributed by atoms with Gasteiger partial charge in [-0.15, -0.1) is 0 Å². The van der Waals surface area contributed by atoms with Gasteiger partial charge in [0.1, 0.15) is 6.17 Å². The third-order valence-electron chi connectivity index (χ3n) is 3.71. The van der Waals surface area contributed by atoms with Crippen LogP contribution in [0.4, 0.5) is 10.1 Å². The van der Waals surface area contributed by atoms with Gasteiger partial charge < -0.3 is 20.5 Å². The molecule has 1 aliphatic rings. The molecule has 1 aliphatic heterocycles. The maximum absolute atomic E-state index is 14.0. The van der Waals surface area contributed by atoms with Crippen molar-refractivity contribution in [2.24, 2.45) is 0 Å². The Kier molecular flexibility index (Phi) is 4.10. The highest BCUT2D eigenvalue weighted by Crippen LogP contribution is 2.29. The Morgan fingerprint density at radius 3 is 2.73 bits per heavy atom. The van der Waals surface area contributed by atoms with E-state index in [9.17, 15) is 19.1 Å². The highest BCUT2D eigenvalue weighted by molar-refractivity contribution is 6.03. The van der Waals surface area contributed by atoms with Gasteiger partial charge in [-0.3, -0.25) is 4.79 Å². The van der Waals surface area contributed by atoms with Crippen molar-refractivity contribution in [2.45, 2.75) is 32.2 Å². The van der Waals surface area contributed by atoms with Gasteiger partial charge in [0, 0.05) is 17.8 Å². The predicted octanol–water partition coefficient (Wildman–Crippen LogP) is 1.12. The molecule has 0 saturated carbocycles. The van der Waals surface area contributed by atoms with Crippen molar-refractivity contribution in [3.8, 4) is 0 Å². The molecule has 22 heavy (non-hydrogen) atoms. The van der Waals surface area contributed by atoms with Crippen LogP contribution in [0, 0.1) is 0 Å². The zero-order chi connectivity index (χ0) is 16.7. The van der Waals surface area contributed by atoms with Gasteiger partial charge in [-0.1, -0.05) is 0 Å². The number of nitrogens with zero attached hydrogens (tertiary/aromatic N) is 1.